The second kappa shape index (κ2) is 6.49. The van der Waals surface area contributed by atoms with Gasteiger partial charge in [0.2, 0.25) is 0 Å². The Balaban J connectivity index is 2.53. The largest absolute Gasteiger partial charge is 0.462 e. The summed E-state index contributed by atoms with van der Waals surface area (Å²) in [5.41, 5.74) is 2.33. The third kappa shape index (κ3) is 3.46. The van der Waals surface area contributed by atoms with Crippen LogP contribution in [0, 0.1) is 6.92 Å². The molecule has 21 heavy (non-hydrogen) atoms. The van der Waals surface area contributed by atoms with Gasteiger partial charge in [0.15, 0.2) is 5.65 Å². The lowest BCUT2D eigenvalue weighted by atomic mass is 10.1. The van der Waals surface area contributed by atoms with Crippen molar-refractivity contribution in [2.24, 2.45) is 0 Å². The van der Waals surface area contributed by atoms with E-state index in [1.165, 1.54) is 6.20 Å². The Kier molecular flexibility index (Phi) is 4.70. The minimum atomic E-state index is -0.540. The van der Waals surface area contributed by atoms with Crippen molar-refractivity contribution in [3.63, 3.8) is 0 Å². The Hall–Kier alpha value is -2.21. The van der Waals surface area contributed by atoms with Crippen LogP contribution in [0.25, 0.3) is 11.0 Å². The third-order valence-electron chi connectivity index (χ3n) is 2.94. The zero-order chi connectivity index (χ0) is 15.4. The molecule has 6 nitrogen and oxygen atoms in total. The van der Waals surface area contributed by atoms with Gasteiger partial charge in [-0.15, -0.1) is 0 Å². The lowest BCUT2D eigenvalue weighted by Crippen LogP contribution is -2.18. The molecule has 0 aliphatic rings. The van der Waals surface area contributed by atoms with E-state index in [1.807, 2.05) is 19.1 Å². The Labute approximate surface area is 123 Å². The van der Waals surface area contributed by atoms with Crippen LogP contribution >= 0.6 is 0 Å². The molecule has 2 heterocycles. The Morgan fingerprint density at radius 1 is 1.48 bits per heavy atom. The normalized spacial score (nSPS) is 12.2. The summed E-state index contributed by atoms with van der Waals surface area (Å²) in [6, 6.07) is 3.71. The van der Waals surface area contributed by atoms with Gasteiger partial charge in [-0.3, -0.25) is 0 Å². The number of aryl methyl sites for hydroxylation is 1. The van der Waals surface area contributed by atoms with Crippen LogP contribution in [-0.2, 0) is 4.74 Å². The van der Waals surface area contributed by atoms with Gasteiger partial charge >= 0.3 is 5.97 Å². The fourth-order valence-corrected chi connectivity index (χ4v) is 1.98. The summed E-state index contributed by atoms with van der Waals surface area (Å²) in [4.78, 5) is 20.6. The minimum Gasteiger partial charge on any atom is -0.462 e. The molecule has 2 rings (SSSR count). The van der Waals surface area contributed by atoms with E-state index in [2.05, 4.69) is 15.3 Å². The summed E-state index contributed by atoms with van der Waals surface area (Å²) in [7, 11) is 0. The molecule has 0 amide bonds. The molecule has 0 unspecified atom stereocenters. The number of nitrogens with one attached hydrogen (secondary N) is 1. The highest BCUT2D eigenvalue weighted by Gasteiger charge is 2.17. The molecule has 0 aromatic carbocycles. The van der Waals surface area contributed by atoms with E-state index >= 15 is 0 Å². The SMILES string of the molecule is CCOC(=O)c1cnc2nc(C)ccc2c1NC[C@@H](C)O. The van der Waals surface area contributed by atoms with Crippen molar-refractivity contribution in [3.8, 4) is 0 Å². The average molecular weight is 289 g/mol. The highest BCUT2D eigenvalue weighted by atomic mass is 16.5. The van der Waals surface area contributed by atoms with E-state index in [-0.39, 0.29) is 0 Å². The molecule has 0 aliphatic heterocycles. The highest BCUT2D eigenvalue weighted by molar-refractivity contribution is 6.04. The lowest BCUT2D eigenvalue weighted by Gasteiger charge is -2.14. The van der Waals surface area contributed by atoms with Gasteiger partial charge in [-0.05, 0) is 32.9 Å². The number of esters is 1. The summed E-state index contributed by atoms with van der Waals surface area (Å²) >= 11 is 0. The van der Waals surface area contributed by atoms with Gasteiger partial charge in [0.05, 0.1) is 18.4 Å². The number of pyridine rings is 2. The molecule has 0 fully saturated rings. The van der Waals surface area contributed by atoms with Crippen molar-refractivity contribution in [2.45, 2.75) is 26.9 Å². The van der Waals surface area contributed by atoms with Crippen molar-refractivity contribution in [1.82, 2.24) is 9.97 Å². The number of anilines is 1. The van der Waals surface area contributed by atoms with Crippen molar-refractivity contribution in [1.29, 1.82) is 0 Å². The number of fused-ring (bicyclic) bond motifs is 1. The van der Waals surface area contributed by atoms with Crippen molar-refractivity contribution in [2.75, 3.05) is 18.5 Å². The summed E-state index contributed by atoms with van der Waals surface area (Å²) in [5, 5.41) is 13.3. The van der Waals surface area contributed by atoms with Crippen LogP contribution < -0.4 is 5.32 Å². The number of carbonyl (C=O) groups excluding carboxylic acids is 1. The van der Waals surface area contributed by atoms with E-state index in [9.17, 15) is 9.90 Å². The first-order chi connectivity index (χ1) is 10.0. The summed E-state index contributed by atoms with van der Waals surface area (Å²) < 4.78 is 5.05. The van der Waals surface area contributed by atoms with Gasteiger partial charge in [-0.25, -0.2) is 14.8 Å². The van der Waals surface area contributed by atoms with Crippen molar-refractivity contribution in [3.05, 3.63) is 29.6 Å². The van der Waals surface area contributed by atoms with E-state index < -0.39 is 12.1 Å². The number of hydrogen-bond acceptors (Lipinski definition) is 6. The minimum absolute atomic E-state index is 0.291. The molecule has 112 valence electrons. The molecule has 6 heteroatoms. The van der Waals surface area contributed by atoms with Crippen LogP contribution in [0.15, 0.2) is 18.3 Å². The summed E-state index contributed by atoms with van der Waals surface area (Å²) in [5.74, 6) is -0.444. The van der Waals surface area contributed by atoms with Gasteiger partial charge in [0, 0.05) is 23.8 Å². The summed E-state index contributed by atoms with van der Waals surface area (Å²) in [6.45, 7) is 5.91. The fraction of sp³-hybridized carbons (Fsp3) is 0.400. The number of aromatic nitrogens is 2. The van der Waals surface area contributed by atoms with Crippen LogP contribution in [0.1, 0.15) is 29.9 Å². The molecule has 0 saturated carbocycles. The van der Waals surface area contributed by atoms with Crippen LogP contribution in [0.5, 0.6) is 0 Å². The maximum atomic E-state index is 12.0. The monoisotopic (exact) mass is 289 g/mol. The molecule has 0 bridgehead atoms. The number of nitrogens with zero attached hydrogens (tertiary/aromatic N) is 2. The molecule has 0 spiro atoms. The second-order valence-electron chi connectivity index (χ2n) is 4.82. The predicted octanol–water partition coefficient (Wildman–Crippen LogP) is 1.91. The molecule has 1 atom stereocenters. The lowest BCUT2D eigenvalue weighted by molar-refractivity contribution is 0.0527. The van der Waals surface area contributed by atoms with Crippen molar-refractivity contribution >= 4 is 22.7 Å². The Morgan fingerprint density at radius 3 is 2.90 bits per heavy atom. The quantitative estimate of drug-likeness (QED) is 0.818. The van der Waals surface area contributed by atoms with Crippen LogP contribution in [0.3, 0.4) is 0 Å². The highest BCUT2D eigenvalue weighted by Crippen LogP contribution is 2.26. The number of aliphatic hydroxyl groups excluding tert-OH is 1. The maximum absolute atomic E-state index is 12.0. The van der Waals surface area contributed by atoms with Crippen LogP contribution in [0.2, 0.25) is 0 Å². The van der Waals surface area contributed by atoms with Gasteiger partial charge in [-0.1, -0.05) is 0 Å². The van der Waals surface area contributed by atoms with E-state index in [1.54, 1.807) is 13.8 Å². The number of hydrogen-bond donors (Lipinski definition) is 2. The fourth-order valence-electron chi connectivity index (χ4n) is 1.98. The first-order valence-electron chi connectivity index (χ1n) is 6.88. The third-order valence-corrected chi connectivity index (χ3v) is 2.94. The van der Waals surface area contributed by atoms with Crippen LogP contribution in [0.4, 0.5) is 5.69 Å². The van der Waals surface area contributed by atoms with E-state index in [4.69, 9.17) is 4.74 Å². The maximum Gasteiger partial charge on any atom is 0.341 e. The molecule has 2 aromatic rings. The van der Waals surface area contributed by atoms with Gasteiger partial charge in [0.25, 0.3) is 0 Å². The molecule has 0 radical (unpaired) electrons. The standard InChI is InChI=1S/C15H19N3O3/c1-4-21-15(20)12-8-17-14-11(6-5-9(2)18-14)13(12)16-7-10(3)19/h5-6,8,10,19H,4,7H2,1-3H3,(H,16,17,18)/t10-/m1/s1. The zero-order valence-corrected chi connectivity index (χ0v) is 12.4. The first-order valence-corrected chi connectivity index (χ1v) is 6.88. The Bertz CT molecular complexity index is 656. The molecule has 2 N–H and O–H groups in total. The Morgan fingerprint density at radius 2 is 2.24 bits per heavy atom. The number of ether oxygens (including phenoxy) is 1. The number of aliphatic hydroxyl groups is 1. The zero-order valence-electron chi connectivity index (χ0n) is 12.4. The van der Waals surface area contributed by atoms with Crippen LogP contribution in [-0.4, -0.2) is 40.3 Å². The molecular weight excluding hydrogens is 270 g/mol. The smallest absolute Gasteiger partial charge is 0.341 e. The molecule has 2 aromatic heterocycles. The van der Waals surface area contributed by atoms with E-state index in [0.29, 0.717) is 30.0 Å². The van der Waals surface area contributed by atoms with Gasteiger partial charge in [0.1, 0.15) is 5.56 Å². The summed E-state index contributed by atoms with van der Waals surface area (Å²) in [6.07, 6.45) is 0.915. The van der Waals surface area contributed by atoms with Gasteiger partial charge < -0.3 is 15.2 Å². The molecule has 0 aliphatic carbocycles. The first kappa shape index (κ1) is 15.2. The van der Waals surface area contributed by atoms with E-state index in [0.717, 1.165) is 11.1 Å². The predicted molar refractivity (Wildman–Crippen MR) is 80.4 cm³/mol. The average Bonchev–Trinajstić information content (AvgIpc) is 2.44. The molecular formula is C15H19N3O3. The number of carbonyl (C=O) groups is 1. The number of rotatable bonds is 5. The topological polar surface area (TPSA) is 84.3 Å². The van der Waals surface area contributed by atoms with Gasteiger partial charge in [-0.2, -0.15) is 0 Å². The second-order valence-corrected chi connectivity index (χ2v) is 4.82. The van der Waals surface area contributed by atoms with Crippen molar-refractivity contribution < 1.29 is 14.6 Å². The molecule has 0 saturated heterocycles.